The first-order valence-corrected chi connectivity index (χ1v) is 6.17. The lowest BCUT2D eigenvalue weighted by atomic mass is 9.80. The lowest BCUT2D eigenvalue weighted by molar-refractivity contribution is -0.141. The van der Waals surface area contributed by atoms with E-state index in [4.69, 9.17) is 11.6 Å². The van der Waals surface area contributed by atoms with Crippen LogP contribution in [-0.2, 0) is 11.8 Å². The third-order valence-electron chi connectivity index (χ3n) is 3.32. The van der Waals surface area contributed by atoms with Gasteiger partial charge in [0.1, 0.15) is 10.8 Å². The molecule has 0 atom stereocenters. The first-order chi connectivity index (χ1) is 8.33. The molecule has 0 unspecified atom stereocenters. The second-order valence-corrected chi connectivity index (χ2v) is 4.98. The van der Waals surface area contributed by atoms with Crippen molar-refractivity contribution in [3.63, 3.8) is 0 Å². The average Bonchev–Trinajstić information content (AvgIpc) is 2.28. The van der Waals surface area contributed by atoms with Crippen molar-refractivity contribution in [3.8, 4) is 0 Å². The number of aliphatic hydroxyl groups is 1. The van der Waals surface area contributed by atoms with Crippen molar-refractivity contribution in [2.24, 2.45) is 0 Å². The topological polar surface area (TPSA) is 33.1 Å². The molecule has 1 saturated carbocycles. The van der Waals surface area contributed by atoms with E-state index in [9.17, 15) is 18.3 Å². The maximum atomic E-state index is 12.5. The number of pyridine rings is 1. The van der Waals surface area contributed by atoms with Gasteiger partial charge in [-0.2, -0.15) is 13.2 Å². The van der Waals surface area contributed by atoms with Gasteiger partial charge in [-0.15, -0.1) is 0 Å². The summed E-state index contributed by atoms with van der Waals surface area (Å²) in [4.78, 5) is 3.35. The first kappa shape index (κ1) is 13.6. The Morgan fingerprint density at radius 1 is 1.17 bits per heavy atom. The molecule has 6 heteroatoms. The van der Waals surface area contributed by atoms with Crippen molar-refractivity contribution in [2.75, 3.05) is 0 Å². The fourth-order valence-electron chi connectivity index (χ4n) is 2.35. The number of alkyl halides is 3. The summed E-state index contributed by atoms with van der Waals surface area (Å²) in [7, 11) is 0. The number of aromatic nitrogens is 1. The summed E-state index contributed by atoms with van der Waals surface area (Å²) in [6, 6.07) is 2.11. The number of hydrogen-bond donors (Lipinski definition) is 1. The minimum Gasteiger partial charge on any atom is -0.385 e. The standard InChI is InChI=1S/C12H13ClF3NO/c13-10-8(11(18)6-2-1-3-7-11)4-5-9(17-10)12(14,15)16/h4-5,18H,1-3,6-7H2. The van der Waals surface area contributed by atoms with Crippen molar-refractivity contribution in [2.45, 2.75) is 43.9 Å². The number of nitrogens with zero attached hydrogens (tertiary/aromatic N) is 1. The highest BCUT2D eigenvalue weighted by atomic mass is 35.5. The number of hydrogen-bond acceptors (Lipinski definition) is 2. The van der Waals surface area contributed by atoms with Crippen LogP contribution in [0.5, 0.6) is 0 Å². The van der Waals surface area contributed by atoms with Gasteiger partial charge in [-0.05, 0) is 18.9 Å². The van der Waals surface area contributed by atoms with Crippen LogP contribution in [0.15, 0.2) is 12.1 Å². The molecule has 100 valence electrons. The van der Waals surface area contributed by atoms with Crippen LogP contribution in [0.1, 0.15) is 43.4 Å². The molecular weight excluding hydrogens is 267 g/mol. The van der Waals surface area contributed by atoms with Gasteiger partial charge >= 0.3 is 6.18 Å². The average molecular weight is 280 g/mol. The molecule has 1 fully saturated rings. The Kier molecular flexibility index (Phi) is 3.56. The van der Waals surface area contributed by atoms with Crippen molar-refractivity contribution in [1.82, 2.24) is 4.98 Å². The van der Waals surface area contributed by atoms with Crippen LogP contribution in [0.3, 0.4) is 0 Å². The molecule has 18 heavy (non-hydrogen) atoms. The monoisotopic (exact) mass is 279 g/mol. The molecule has 0 saturated heterocycles. The highest BCUT2D eigenvalue weighted by Crippen LogP contribution is 2.40. The zero-order valence-corrected chi connectivity index (χ0v) is 10.4. The van der Waals surface area contributed by atoms with Gasteiger partial charge in [-0.3, -0.25) is 0 Å². The maximum absolute atomic E-state index is 12.5. The summed E-state index contributed by atoms with van der Waals surface area (Å²) >= 11 is 5.79. The Balaban J connectivity index is 2.35. The van der Waals surface area contributed by atoms with E-state index in [0.717, 1.165) is 25.3 Å². The highest BCUT2D eigenvalue weighted by molar-refractivity contribution is 6.30. The second kappa shape index (κ2) is 4.70. The lowest BCUT2D eigenvalue weighted by Gasteiger charge is -2.32. The zero-order chi connectivity index (χ0) is 13.4. The van der Waals surface area contributed by atoms with Gasteiger partial charge in [-0.1, -0.05) is 36.9 Å². The Bertz CT molecular complexity index is 441. The van der Waals surface area contributed by atoms with Crippen molar-refractivity contribution in [3.05, 3.63) is 28.5 Å². The summed E-state index contributed by atoms with van der Waals surface area (Å²) in [5.41, 5.74) is -1.86. The normalized spacial score (nSPS) is 19.8. The second-order valence-electron chi connectivity index (χ2n) is 4.62. The molecule has 0 aliphatic heterocycles. The summed E-state index contributed by atoms with van der Waals surface area (Å²) in [5.74, 6) is 0. The van der Waals surface area contributed by atoms with E-state index in [-0.39, 0.29) is 5.15 Å². The summed E-state index contributed by atoms with van der Waals surface area (Å²) in [6.07, 6.45) is -0.785. The molecule has 1 aliphatic carbocycles. The molecule has 0 spiro atoms. The lowest BCUT2D eigenvalue weighted by Crippen LogP contribution is -2.29. The van der Waals surface area contributed by atoms with Crippen LogP contribution < -0.4 is 0 Å². The van der Waals surface area contributed by atoms with Gasteiger partial charge < -0.3 is 5.11 Å². The van der Waals surface area contributed by atoms with Crippen LogP contribution in [0.25, 0.3) is 0 Å². The van der Waals surface area contributed by atoms with Gasteiger partial charge in [0.15, 0.2) is 0 Å². The fourth-order valence-corrected chi connectivity index (χ4v) is 2.68. The van der Waals surface area contributed by atoms with Crippen LogP contribution in [0.2, 0.25) is 5.15 Å². The number of halogens is 4. The Labute approximate surface area is 108 Å². The minimum absolute atomic E-state index is 0.255. The largest absolute Gasteiger partial charge is 0.433 e. The molecule has 0 amide bonds. The zero-order valence-electron chi connectivity index (χ0n) is 9.60. The van der Waals surface area contributed by atoms with Crippen molar-refractivity contribution < 1.29 is 18.3 Å². The van der Waals surface area contributed by atoms with Crippen LogP contribution in [0.4, 0.5) is 13.2 Å². The van der Waals surface area contributed by atoms with E-state index in [1.54, 1.807) is 0 Å². The molecule has 0 radical (unpaired) electrons. The Morgan fingerprint density at radius 2 is 1.78 bits per heavy atom. The Hall–Kier alpha value is -0.810. The van der Waals surface area contributed by atoms with E-state index in [0.29, 0.717) is 18.4 Å². The quantitative estimate of drug-likeness (QED) is 0.791. The van der Waals surface area contributed by atoms with Gasteiger partial charge in [0, 0.05) is 5.56 Å². The van der Waals surface area contributed by atoms with Gasteiger partial charge in [0.25, 0.3) is 0 Å². The molecule has 1 aromatic heterocycles. The van der Waals surface area contributed by atoms with E-state index in [1.165, 1.54) is 6.07 Å². The predicted molar refractivity (Wildman–Crippen MR) is 61.2 cm³/mol. The van der Waals surface area contributed by atoms with E-state index < -0.39 is 17.5 Å². The van der Waals surface area contributed by atoms with E-state index in [1.807, 2.05) is 0 Å². The fraction of sp³-hybridized carbons (Fsp3) is 0.583. The molecule has 1 N–H and O–H groups in total. The number of rotatable bonds is 1. The molecule has 1 heterocycles. The summed E-state index contributed by atoms with van der Waals surface area (Å²) < 4.78 is 37.4. The van der Waals surface area contributed by atoms with E-state index in [2.05, 4.69) is 4.98 Å². The van der Waals surface area contributed by atoms with Crippen molar-refractivity contribution >= 4 is 11.6 Å². The van der Waals surface area contributed by atoms with Crippen LogP contribution >= 0.6 is 11.6 Å². The van der Waals surface area contributed by atoms with Crippen molar-refractivity contribution in [1.29, 1.82) is 0 Å². The molecule has 1 aromatic rings. The predicted octanol–water partition coefficient (Wildman–Crippen LogP) is 3.91. The van der Waals surface area contributed by atoms with Crippen LogP contribution in [-0.4, -0.2) is 10.1 Å². The van der Waals surface area contributed by atoms with Gasteiger partial charge in [0.2, 0.25) is 0 Å². The molecule has 1 aliphatic rings. The van der Waals surface area contributed by atoms with Gasteiger partial charge in [-0.25, -0.2) is 4.98 Å². The third-order valence-corrected chi connectivity index (χ3v) is 3.61. The summed E-state index contributed by atoms with van der Waals surface area (Å²) in [6.45, 7) is 0. The molecular formula is C12H13ClF3NO. The molecule has 0 aromatic carbocycles. The molecule has 2 rings (SSSR count). The first-order valence-electron chi connectivity index (χ1n) is 5.79. The highest BCUT2D eigenvalue weighted by Gasteiger charge is 2.37. The smallest absolute Gasteiger partial charge is 0.385 e. The summed E-state index contributed by atoms with van der Waals surface area (Å²) in [5, 5.41) is 10.2. The Morgan fingerprint density at radius 3 is 2.28 bits per heavy atom. The third kappa shape index (κ3) is 2.62. The maximum Gasteiger partial charge on any atom is 0.433 e. The van der Waals surface area contributed by atoms with Crippen LogP contribution in [0, 0.1) is 0 Å². The SMILES string of the molecule is OC1(c2ccc(C(F)(F)F)nc2Cl)CCCCC1. The molecule has 0 bridgehead atoms. The van der Waals surface area contributed by atoms with E-state index >= 15 is 0 Å². The molecule has 2 nitrogen and oxygen atoms in total. The van der Waals surface area contributed by atoms with Gasteiger partial charge in [0.05, 0.1) is 5.60 Å². The minimum atomic E-state index is -4.52.